The maximum atomic E-state index is 11.5. The van der Waals surface area contributed by atoms with Crippen molar-refractivity contribution >= 4 is 11.9 Å². The zero-order valence-electron chi connectivity index (χ0n) is 11.0. The van der Waals surface area contributed by atoms with Crippen molar-refractivity contribution < 1.29 is 23.8 Å². The molecule has 0 amide bonds. The van der Waals surface area contributed by atoms with Crippen LogP contribution in [0, 0.1) is 0 Å². The highest BCUT2D eigenvalue weighted by Gasteiger charge is 2.05. The molecule has 0 radical (unpaired) electrons. The zero-order valence-corrected chi connectivity index (χ0v) is 11.0. The molecule has 1 aromatic rings. The highest BCUT2D eigenvalue weighted by atomic mass is 16.6. The Morgan fingerprint density at radius 3 is 2.21 bits per heavy atom. The van der Waals surface area contributed by atoms with Gasteiger partial charge in [-0.05, 0) is 12.1 Å². The van der Waals surface area contributed by atoms with Crippen LogP contribution in [0.4, 0.5) is 0 Å². The van der Waals surface area contributed by atoms with Crippen molar-refractivity contribution in [1.29, 1.82) is 0 Å². The summed E-state index contributed by atoms with van der Waals surface area (Å²) in [6.07, 6.45) is 0.356. The fourth-order valence-electron chi connectivity index (χ4n) is 1.27. The second-order valence-corrected chi connectivity index (χ2v) is 3.69. The van der Waals surface area contributed by atoms with Gasteiger partial charge in [-0.1, -0.05) is 25.1 Å². The molecule has 1 rings (SSSR count). The van der Waals surface area contributed by atoms with Gasteiger partial charge in [-0.25, -0.2) is 4.79 Å². The molecule has 0 bridgehead atoms. The van der Waals surface area contributed by atoms with E-state index in [2.05, 4.69) is 0 Å². The van der Waals surface area contributed by atoms with Crippen molar-refractivity contribution in [2.45, 2.75) is 13.3 Å². The van der Waals surface area contributed by atoms with Gasteiger partial charge in [0, 0.05) is 6.42 Å². The molecule has 0 aliphatic rings. The molecular weight excluding hydrogens is 248 g/mol. The maximum Gasteiger partial charge on any atom is 0.338 e. The monoisotopic (exact) mass is 266 g/mol. The van der Waals surface area contributed by atoms with E-state index in [1.54, 1.807) is 31.2 Å². The molecule has 0 aliphatic heterocycles. The van der Waals surface area contributed by atoms with Crippen molar-refractivity contribution in [3.63, 3.8) is 0 Å². The summed E-state index contributed by atoms with van der Waals surface area (Å²) in [5.41, 5.74) is 0.513. The van der Waals surface area contributed by atoms with Crippen LogP contribution in [0.15, 0.2) is 30.3 Å². The van der Waals surface area contributed by atoms with Gasteiger partial charge in [0.25, 0.3) is 0 Å². The molecule has 19 heavy (non-hydrogen) atoms. The van der Waals surface area contributed by atoms with Crippen LogP contribution in [0.1, 0.15) is 23.7 Å². The minimum atomic E-state index is -0.374. The molecule has 0 spiro atoms. The lowest BCUT2D eigenvalue weighted by atomic mass is 10.2. The van der Waals surface area contributed by atoms with E-state index in [0.29, 0.717) is 18.6 Å². The Morgan fingerprint density at radius 2 is 1.58 bits per heavy atom. The summed E-state index contributed by atoms with van der Waals surface area (Å²) in [5.74, 6) is -0.624. The third kappa shape index (κ3) is 6.57. The minimum Gasteiger partial charge on any atom is -0.463 e. The Morgan fingerprint density at radius 1 is 0.947 bits per heavy atom. The molecule has 0 N–H and O–H groups in total. The van der Waals surface area contributed by atoms with Gasteiger partial charge in [-0.3, -0.25) is 4.79 Å². The Labute approximate surface area is 112 Å². The second-order valence-electron chi connectivity index (χ2n) is 3.69. The van der Waals surface area contributed by atoms with Gasteiger partial charge < -0.3 is 14.2 Å². The van der Waals surface area contributed by atoms with E-state index in [1.165, 1.54) is 0 Å². The average Bonchev–Trinajstić information content (AvgIpc) is 2.46. The molecule has 0 fully saturated rings. The van der Waals surface area contributed by atoms with Crippen LogP contribution < -0.4 is 0 Å². The van der Waals surface area contributed by atoms with Crippen molar-refractivity contribution in [3.8, 4) is 0 Å². The highest BCUT2D eigenvalue weighted by molar-refractivity contribution is 5.89. The maximum absolute atomic E-state index is 11.5. The number of rotatable bonds is 8. The van der Waals surface area contributed by atoms with E-state index in [0.717, 1.165) is 0 Å². The first-order valence-electron chi connectivity index (χ1n) is 6.19. The molecule has 0 aliphatic carbocycles. The van der Waals surface area contributed by atoms with Crippen LogP contribution in [0.25, 0.3) is 0 Å². The fourth-order valence-corrected chi connectivity index (χ4v) is 1.27. The number of carbonyl (C=O) groups excluding carboxylic acids is 2. The molecule has 1 aromatic carbocycles. The third-order valence-corrected chi connectivity index (χ3v) is 2.25. The molecule has 5 nitrogen and oxygen atoms in total. The van der Waals surface area contributed by atoms with Gasteiger partial charge in [0.1, 0.15) is 13.2 Å². The number of benzene rings is 1. The van der Waals surface area contributed by atoms with Crippen molar-refractivity contribution in [3.05, 3.63) is 35.9 Å². The summed E-state index contributed by atoms with van der Waals surface area (Å²) in [7, 11) is 0. The van der Waals surface area contributed by atoms with Gasteiger partial charge in [-0.15, -0.1) is 0 Å². The molecule has 0 unspecified atom stereocenters. The number of carbonyl (C=O) groups is 2. The summed E-state index contributed by atoms with van der Waals surface area (Å²) in [6, 6.07) is 8.75. The lowest BCUT2D eigenvalue weighted by Gasteiger charge is -2.06. The van der Waals surface area contributed by atoms with E-state index >= 15 is 0 Å². The molecule has 5 heteroatoms. The standard InChI is InChI=1S/C14H18O5/c1-2-13(15)18-10-8-17-9-11-19-14(16)12-6-4-3-5-7-12/h3-7H,2,8-11H2,1H3. The zero-order chi connectivity index (χ0) is 13.9. The molecular formula is C14H18O5. The first-order chi connectivity index (χ1) is 9.24. The Hall–Kier alpha value is -1.88. The van der Waals surface area contributed by atoms with Gasteiger partial charge in [-0.2, -0.15) is 0 Å². The Kier molecular flexibility index (Phi) is 7.27. The number of ether oxygens (including phenoxy) is 3. The normalized spacial score (nSPS) is 9.95. The van der Waals surface area contributed by atoms with Crippen molar-refractivity contribution in [2.75, 3.05) is 26.4 Å². The predicted octanol–water partition coefficient (Wildman–Crippen LogP) is 1.81. The number of hydrogen-bond donors (Lipinski definition) is 0. The van der Waals surface area contributed by atoms with Gasteiger partial charge >= 0.3 is 11.9 Å². The summed E-state index contributed by atoms with van der Waals surface area (Å²) in [4.78, 5) is 22.3. The average molecular weight is 266 g/mol. The molecule has 0 aromatic heterocycles. The van der Waals surface area contributed by atoms with E-state index < -0.39 is 0 Å². The van der Waals surface area contributed by atoms with Crippen LogP contribution in [0.2, 0.25) is 0 Å². The van der Waals surface area contributed by atoms with E-state index in [4.69, 9.17) is 14.2 Å². The van der Waals surface area contributed by atoms with E-state index in [-0.39, 0.29) is 31.8 Å². The SMILES string of the molecule is CCC(=O)OCCOCCOC(=O)c1ccccc1. The second kappa shape index (κ2) is 9.10. The molecule has 0 saturated heterocycles. The summed E-state index contributed by atoms with van der Waals surface area (Å²) in [6.45, 7) is 2.71. The van der Waals surface area contributed by atoms with Crippen molar-refractivity contribution in [1.82, 2.24) is 0 Å². The first kappa shape index (κ1) is 15.2. The van der Waals surface area contributed by atoms with Gasteiger partial charge in [0.15, 0.2) is 0 Å². The summed E-state index contributed by atoms with van der Waals surface area (Å²) in [5, 5.41) is 0. The quantitative estimate of drug-likeness (QED) is 0.530. The smallest absolute Gasteiger partial charge is 0.338 e. The minimum absolute atomic E-state index is 0.176. The van der Waals surface area contributed by atoms with Crippen molar-refractivity contribution in [2.24, 2.45) is 0 Å². The Bertz CT molecular complexity index is 388. The van der Waals surface area contributed by atoms with E-state index in [9.17, 15) is 9.59 Å². The topological polar surface area (TPSA) is 61.8 Å². The molecule has 0 saturated carbocycles. The number of esters is 2. The first-order valence-corrected chi connectivity index (χ1v) is 6.19. The fraction of sp³-hybridized carbons (Fsp3) is 0.429. The largest absolute Gasteiger partial charge is 0.463 e. The molecule has 0 atom stereocenters. The van der Waals surface area contributed by atoms with Crippen LogP contribution in [-0.2, 0) is 19.0 Å². The van der Waals surface area contributed by atoms with E-state index in [1.807, 2.05) is 6.07 Å². The van der Waals surface area contributed by atoms with Crippen LogP contribution in [-0.4, -0.2) is 38.4 Å². The molecule has 0 heterocycles. The van der Waals surface area contributed by atoms with Crippen LogP contribution in [0.3, 0.4) is 0 Å². The predicted molar refractivity (Wildman–Crippen MR) is 68.8 cm³/mol. The van der Waals surface area contributed by atoms with Crippen LogP contribution >= 0.6 is 0 Å². The third-order valence-electron chi connectivity index (χ3n) is 2.25. The van der Waals surface area contributed by atoms with Gasteiger partial charge in [0.05, 0.1) is 18.8 Å². The summed E-state index contributed by atoms with van der Waals surface area (Å²) < 4.78 is 15.0. The Balaban J connectivity index is 2.02. The highest BCUT2D eigenvalue weighted by Crippen LogP contribution is 2.00. The number of hydrogen-bond acceptors (Lipinski definition) is 5. The lowest BCUT2D eigenvalue weighted by molar-refractivity contribution is -0.144. The molecule has 104 valence electrons. The lowest BCUT2D eigenvalue weighted by Crippen LogP contribution is -2.14. The summed E-state index contributed by atoms with van der Waals surface area (Å²) >= 11 is 0. The van der Waals surface area contributed by atoms with Gasteiger partial charge in [0.2, 0.25) is 0 Å². The van der Waals surface area contributed by atoms with Crippen LogP contribution in [0.5, 0.6) is 0 Å².